The Morgan fingerprint density at radius 3 is 2.90 bits per heavy atom. The lowest BCUT2D eigenvalue weighted by atomic mass is 10.3. The molecule has 1 aromatic carbocycles. The van der Waals surface area contributed by atoms with E-state index in [1.54, 1.807) is 24.3 Å². The van der Waals surface area contributed by atoms with Gasteiger partial charge in [-0.2, -0.15) is 0 Å². The van der Waals surface area contributed by atoms with Gasteiger partial charge in [0.25, 0.3) is 0 Å². The van der Waals surface area contributed by atoms with Gasteiger partial charge >= 0.3 is 0 Å². The van der Waals surface area contributed by atoms with Gasteiger partial charge in [0.1, 0.15) is 11.4 Å². The highest BCUT2D eigenvalue weighted by Gasteiger charge is 2.22. The maximum absolute atomic E-state index is 12.3. The molecule has 21 heavy (non-hydrogen) atoms. The number of aromatic amines is 1. The van der Waals surface area contributed by atoms with Crippen molar-refractivity contribution >= 4 is 20.9 Å². The number of rotatable bonds is 5. The highest BCUT2D eigenvalue weighted by Crippen LogP contribution is 2.18. The first-order chi connectivity index (χ1) is 10.1. The van der Waals surface area contributed by atoms with Gasteiger partial charge in [0.15, 0.2) is 5.76 Å². The quantitative estimate of drug-likeness (QED) is 0.770. The van der Waals surface area contributed by atoms with Crippen LogP contribution in [-0.4, -0.2) is 30.7 Å². The summed E-state index contributed by atoms with van der Waals surface area (Å²) in [5, 5.41) is 3.66. The summed E-state index contributed by atoms with van der Waals surface area (Å²) in [6.07, 6.45) is 0. The number of nitrogens with zero attached hydrogens (tertiary/aromatic N) is 2. The van der Waals surface area contributed by atoms with Crippen LogP contribution in [0.4, 0.5) is 0 Å². The molecule has 1 N–H and O–H groups in total. The molecule has 0 saturated heterocycles. The van der Waals surface area contributed by atoms with Crippen molar-refractivity contribution in [3.8, 4) is 0 Å². The maximum atomic E-state index is 12.3. The second-order valence-electron chi connectivity index (χ2n) is 4.54. The fraction of sp³-hybridized carbons (Fsp3) is 0.231. The number of sulfone groups is 1. The van der Waals surface area contributed by atoms with Crippen molar-refractivity contribution in [1.82, 2.24) is 15.1 Å². The van der Waals surface area contributed by atoms with Crippen LogP contribution in [0, 0.1) is 0 Å². The molecule has 0 atom stereocenters. The van der Waals surface area contributed by atoms with Gasteiger partial charge in [-0.25, -0.2) is 13.4 Å². The highest BCUT2D eigenvalue weighted by atomic mass is 32.2. The Bertz CT molecular complexity index is 833. The number of methoxy groups -OCH3 is 1. The standard InChI is InChI=1S/C13H13N3O4S/c1-19-7-9-6-10(20-16-9)8-21(17,18)13-14-11-4-2-3-5-12(11)15-13/h2-6H,7-8H2,1H3,(H,14,15). The SMILES string of the molecule is COCc1cc(CS(=O)(=O)c2nc3ccccc3[nH]2)on1. The smallest absolute Gasteiger partial charge is 0.226 e. The number of hydrogen-bond acceptors (Lipinski definition) is 6. The van der Waals surface area contributed by atoms with Crippen molar-refractivity contribution in [2.24, 2.45) is 0 Å². The minimum absolute atomic E-state index is 0.0756. The minimum Gasteiger partial charge on any atom is -0.378 e. The van der Waals surface area contributed by atoms with E-state index in [-0.39, 0.29) is 23.3 Å². The van der Waals surface area contributed by atoms with E-state index in [0.29, 0.717) is 16.7 Å². The number of para-hydroxylation sites is 2. The predicted molar refractivity (Wildman–Crippen MR) is 74.2 cm³/mol. The molecule has 3 aromatic rings. The van der Waals surface area contributed by atoms with Gasteiger partial charge < -0.3 is 14.2 Å². The van der Waals surface area contributed by atoms with E-state index in [1.807, 2.05) is 6.07 Å². The summed E-state index contributed by atoms with van der Waals surface area (Å²) < 4.78 is 34.6. The molecule has 0 aliphatic rings. The molecule has 110 valence electrons. The van der Waals surface area contributed by atoms with Gasteiger partial charge in [0, 0.05) is 13.2 Å². The summed E-state index contributed by atoms with van der Waals surface area (Å²) in [5.74, 6) is -0.0497. The third-order valence-corrected chi connectivity index (χ3v) is 4.34. The molecule has 2 heterocycles. The van der Waals surface area contributed by atoms with Crippen LogP contribution >= 0.6 is 0 Å². The van der Waals surface area contributed by atoms with Gasteiger partial charge in [-0.05, 0) is 12.1 Å². The number of imidazole rings is 1. The third kappa shape index (κ3) is 2.81. The molecule has 2 aromatic heterocycles. The zero-order valence-electron chi connectivity index (χ0n) is 11.2. The molecular formula is C13H13N3O4S. The van der Waals surface area contributed by atoms with E-state index in [0.717, 1.165) is 0 Å². The lowest BCUT2D eigenvalue weighted by molar-refractivity contribution is 0.177. The van der Waals surface area contributed by atoms with Crippen molar-refractivity contribution in [3.05, 3.63) is 41.8 Å². The van der Waals surface area contributed by atoms with Gasteiger partial charge in [0.2, 0.25) is 15.0 Å². The summed E-state index contributed by atoms with van der Waals surface area (Å²) in [4.78, 5) is 6.90. The minimum atomic E-state index is -3.62. The number of ether oxygens (including phenoxy) is 1. The van der Waals surface area contributed by atoms with Crippen LogP contribution in [0.15, 0.2) is 40.0 Å². The molecule has 0 unspecified atom stereocenters. The number of hydrogen-bond donors (Lipinski definition) is 1. The zero-order chi connectivity index (χ0) is 14.9. The first kappa shape index (κ1) is 13.8. The Kier molecular flexibility index (Phi) is 3.48. The maximum Gasteiger partial charge on any atom is 0.226 e. The van der Waals surface area contributed by atoms with Crippen molar-refractivity contribution in [1.29, 1.82) is 0 Å². The molecule has 3 rings (SSSR count). The largest absolute Gasteiger partial charge is 0.378 e. The van der Waals surface area contributed by atoms with E-state index >= 15 is 0 Å². The van der Waals surface area contributed by atoms with E-state index < -0.39 is 9.84 Å². The molecule has 8 heteroatoms. The first-order valence-corrected chi connectivity index (χ1v) is 7.84. The van der Waals surface area contributed by atoms with Crippen molar-refractivity contribution < 1.29 is 17.7 Å². The number of nitrogens with one attached hydrogen (secondary N) is 1. The van der Waals surface area contributed by atoms with E-state index in [1.165, 1.54) is 7.11 Å². The Balaban J connectivity index is 1.88. The lowest BCUT2D eigenvalue weighted by Crippen LogP contribution is -2.06. The van der Waals surface area contributed by atoms with Crippen LogP contribution in [0.2, 0.25) is 0 Å². The van der Waals surface area contributed by atoms with Gasteiger partial charge in [-0.1, -0.05) is 17.3 Å². The van der Waals surface area contributed by atoms with Crippen LogP contribution < -0.4 is 0 Å². The summed E-state index contributed by atoms with van der Waals surface area (Å²) in [7, 11) is -2.09. The predicted octanol–water partition coefficient (Wildman–Crippen LogP) is 1.67. The number of H-pyrrole nitrogens is 1. The molecule has 0 fully saturated rings. The van der Waals surface area contributed by atoms with Gasteiger partial charge in [-0.3, -0.25) is 0 Å². The number of fused-ring (bicyclic) bond motifs is 1. The van der Waals surface area contributed by atoms with Crippen molar-refractivity contribution in [2.45, 2.75) is 17.5 Å². The topological polar surface area (TPSA) is 98.1 Å². The van der Waals surface area contributed by atoms with Crippen LogP contribution in [0.1, 0.15) is 11.5 Å². The third-order valence-electron chi connectivity index (χ3n) is 2.89. The van der Waals surface area contributed by atoms with Crippen LogP contribution in [0.3, 0.4) is 0 Å². The molecule has 0 radical (unpaired) electrons. The Labute approximate surface area is 120 Å². The molecular weight excluding hydrogens is 294 g/mol. The van der Waals surface area contributed by atoms with Gasteiger partial charge in [0.05, 0.1) is 17.6 Å². The van der Waals surface area contributed by atoms with E-state index in [2.05, 4.69) is 15.1 Å². The van der Waals surface area contributed by atoms with Crippen molar-refractivity contribution in [2.75, 3.05) is 7.11 Å². The fourth-order valence-corrected chi connectivity index (χ4v) is 3.12. The summed E-state index contributed by atoms with van der Waals surface area (Å²) in [5.41, 5.74) is 1.83. The van der Waals surface area contributed by atoms with Crippen LogP contribution in [0.25, 0.3) is 11.0 Å². The highest BCUT2D eigenvalue weighted by molar-refractivity contribution is 7.90. The molecule has 7 nitrogen and oxygen atoms in total. The molecule has 0 aliphatic heterocycles. The average molecular weight is 307 g/mol. The molecule has 0 spiro atoms. The van der Waals surface area contributed by atoms with Crippen LogP contribution in [0.5, 0.6) is 0 Å². The lowest BCUT2D eigenvalue weighted by Gasteiger charge is -1.96. The fourth-order valence-electron chi connectivity index (χ4n) is 1.97. The summed E-state index contributed by atoms with van der Waals surface area (Å²) in [6.45, 7) is 0.272. The Hall–Kier alpha value is -2.19. The molecule has 0 saturated carbocycles. The Morgan fingerprint density at radius 1 is 1.33 bits per heavy atom. The summed E-state index contributed by atoms with van der Waals surface area (Å²) >= 11 is 0. The first-order valence-electron chi connectivity index (χ1n) is 6.19. The summed E-state index contributed by atoms with van der Waals surface area (Å²) in [6, 6.07) is 8.68. The van der Waals surface area contributed by atoms with E-state index in [4.69, 9.17) is 9.26 Å². The monoisotopic (exact) mass is 307 g/mol. The second-order valence-corrected chi connectivity index (χ2v) is 6.44. The zero-order valence-corrected chi connectivity index (χ0v) is 12.1. The number of aromatic nitrogens is 3. The average Bonchev–Trinajstić information content (AvgIpc) is 3.05. The Morgan fingerprint density at radius 2 is 2.14 bits per heavy atom. The molecule has 0 amide bonds. The second kappa shape index (κ2) is 5.30. The number of benzene rings is 1. The van der Waals surface area contributed by atoms with Crippen LogP contribution in [-0.2, 0) is 26.9 Å². The van der Waals surface area contributed by atoms with Gasteiger partial charge in [-0.15, -0.1) is 0 Å². The normalized spacial score (nSPS) is 12.0. The van der Waals surface area contributed by atoms with Crippen molar-refractivity contribution in [3.63, 3.8) is 0 Å². The van der Waals surface area contributed by atoms with E-state index in [9.17, 15) is 8.42 Å². The molecule has 0 bridgehead atoms. The molecule has 0 aliphatic carbocycles.